The third kappa shape index (κ3) is 3.86. The van der Waals surface area contributed by atoms with Gasteiger partial charge in [-0.25, -0.2) is 8.42 Å². The molecule has 0 unspecified atom stereocenters. The van der Waals surface area contributed by atoms with Gasteiger partial charge in [0, 0.05) is 26.2 Å². The number of hydrogen-bond acceptors (Lipinski definition) is 3. The first-order chi connectivity index (χ1) is 15.0. The Morgan fingerprint density at radius 1 is 0.871 bits per heavy atom. The number of carbonyl (C=O) groups is 1. The van der Waals surface area contributed by atoms with E-state index in [0.29, 0.717) is 31.0 Å². The molecule has 0 aromatic heterocycles. The van der Waals surface area contributed by atoms with Gasteiger partial charge in [-0.15, -0.1) is 0 Å². The van der Waals surface area contributed by atoms with Crippen LogP contribution in [0.2, 0.25) is 0 Å². The lowest BCUT2D eigenvalue weighted by Crippen LogP contribution is -2.47. The molecule has 2 aliphatic heterocycles. The molecule has 1 fully saturated rings. The molecule has 3 aromatic rings. The average molecular weight is 435 g/mol. The van der Waals surface area contributed by atoms with Crippen LogP contribution in [-0.2, 0) is 27.8 Å². The zero-order valence-electron chi connectivity index (χ0n) is 17.4. The first-order valence-electron chi connectivity index (χ1n) is 10.9. The molecule has 1 atom stereocenters. The molecule has 0 N–H and O–H groups in total. The van der Waals surface area contributed by atoms with Crippen molar-refractivity contribution in [1.29, 1.82) is 0 Å². The number of hydrogen-bond donors (Lipinski definition) is 0. The molecule has 2 heterocycles. The van der Waals surface area contributed by atoms with Gasteiger partial charge >= 0.3 is 0 Å². The normalized spacial score (nSPS) is 19.9. The van der Waals surface area contributed by atoms with Crippen LogP contribution in [0.3, 0.4) is 0 Å². The van der Waals surface area contributed by atoms with E-state index in [-0.39, 0.29) is 18.4 Å². The summed E-state index contributed by atoms with van der Waals surface area (Å²) in [6.07, 6.45) is 2.29. The molecule has 5 rings (SSSR count). The summed E-state index contributed by atoms with van der Waals surface area (Å²) in [7, 11) is -3.64. The second-order valence-corrected chi connectivity index (χ2v) is 10.4. The maximum absolute atomic E-state index is 13.3. The van der Waals surface area contributed by atoms with Crippen LogP contribution in [0.15, 0.2) is 71.6 Å². The number of amides is 1. The van der Waals surface area contributed by atoms with E-state index in [2.05, 4.69) is 12.1 Å². The van der Waals surface area contributed by atoms with E-state index in [4.69, 9.17) is 0 Å². The predicted molar refractivity (Wildman–Crippen MR) is 121 cm³/mol. The molecule has 0 bridgehead atoms. The van der Waals surface area contributed by atoms with Gasteiger partial charge in [0.15, 0.2) is 0 Å². The van der Waals surface area contributed by atoms with E-state index >= 15 is 0 Å². The van der Waals surface area contributed by atoms with Crippen molar-refractivity contribution in [3.63, 3.8) is 0 Å². The fourth-order valence-corrected chi connectivity index (χ4v) is 6.34. The fraction of sp³-hybridized carbons (Fsp3) is 0.320. The summed E-state index contributed by atoms with van der Waals surface area (Å²) in [5.74, 6) is -0.206. The Labute approximate surface area is 183 Å². The lowest BCUT2D eigenvalue weighted by atomic mass is 9.95. The Morgan fingerprint density at radius 2 is 1.61 bits per heavy atom. The van der Waals surface area contributed by atoms with Crippen molar-refractivity contribution in [3.8, 4) is 0 Å². The van der Waals surface area contributed by atoms with E-state index in [0.717, 1.165) is 23.6 Å². The summed E-state index contributed by atoms with van der Waals surface area (Å²) in [5.41, 5.74) is 2.49. The average Bonchev–Trinajstić information content (AvgIpc) is 2.83. The lowest BCUT2D eigenvalue weighted by Gasteiger charge is -2.36. The minimum absolute atomic E-state index is 0.0768. The summed E-state index contributed by atoms with van der Waals surface area (Å²) in [5, 5.41) is 1.92. The van der Waals surface area contributed by atoms with Gasteiger partial charge in [-0.2, -0.15) is 4.31 Å². The molecular formula is C25H26N2O3S. The molecule has 1 saturated heterocycles. The molecule has 0 saturated carbocycles. The van der Waals surface area contributed by atoms with E-state index in [1.54, 1.807) is 12.1 Å². The number of nitrogens with zero attached hydrogens (tertiary/aromatic N) is 2. The Balaban J connectivity index is 1.34. The van der Waals surface area contributed by atoms with E-state index in [9.17, 15) is 13.2 Å². The molecule has 160 valence electrons. The van der Waals surface area contributed by atoms with Crippen molar-refractivity contribution >= 4 is 26.7 Å². The van der Waals surface area contributed by atoms with Crippen LogP contribution in [0.1, 0.15) is 24.0 Å². The lowest BCUT2D eigenvalue weighted by molar-refractivity contribution is -0.137. The minimum atomic E-state index is -3.64. The van der Waals surface area contributed by atoms with Gasteiger partial charge in [-0.05, 0) is 53.3 Å². The van der Waals surface area contributed by atoms with E-state index in [1.807, 2.05) is 47.4 Å². The summed E-state index contributed by atoms with van der Waals surface area (Å²) in [6.45, 7) is 2.03. The molecule has 31 heavy (non-hydrogen) atoms. The number of fused-ring (bicyclic) bond motifs is 2. The van der Waals surface area contributed by atoms with Crippen LogP contribution >= 0.6 is 0 Å². The Bertz CT molecular complexity index is 1240. The Morgan fingerprint density at radius 3 is 2.45 bits per heavy atom. The maximum Gasteiger partial charge on any atom is 0.243 e. The standard InChI is InChI=1S/C25H26N2O3S/c28-25(26-15-13-20-7-2-4-9-22(20)17-26)23-10-5-14-27(18-23)31(29,30)24-12-11-19-6-1-3-8-21(19)16-24/h1-4,6-9,11-12,16,23H,5,10,13-15,17-18H2/t23-/m1/s1. The summed E-state index contributed by atoms with van der Waals surface area (Å²) < 4.78 is 28.2. The highest BCUT2D eigenvalue weighted by Gasteiger charge is 2.35. The third-order valence-corrected chi connectivity index (χ3v) is 8.40. The first kappa shape index (κ1) is 20.2. The number of rotatable bonds is 3. The Hall–Kier alpha value is -2.70. The smallest absolute Gasteiger partial charge is 0.243 e. The van der Waals surface area contributed by atoms with Crippen LogP contribution in [0.5, 0.6) is 0 Å². The minimum Gasteiger partial charge on any atom is -0.338 e. The highest BCUT2D eigenvalue weighted by Crippen LogP contribution is 2.28. The fourth-order valence-electron chi connectivity index (χ4n) is 4.78. The molecule has 6 heteroatoms. The largest absolute Gasteiger partial charge is 0.338 e. The molecule has 5 nitrogen and oxygen atoms in total. The predicted octanol–water partition coefficient (Wildman–Crippen LogP) is 3.83. The van der Waals surface area contributed by atoms with Crippen molar-refractivity contribution in [2.75, 3.05) is 19.6 Å². The SMILES string of the molecule is O=C([C@@H]1CCCN(S(=O)(=O)c2ccc3ccccc3c2)C1)N1CCc2ccccc2C1. The van der Waals surface area contributed by atoms with Gasteiger partial charge in [0.2, 0.25) is 15.9 Å². The van der Waals surface area contributed by atoms with Gasteiger partial charge in [0.05, 0.1) is 10.8 Å². The third-order valence-electron chi connectivity index (χ3n) is 6.53. The first-order valence-corrected chi connectivity index (χ1v) is 12.3. The van der Waals surface area contributed by atoms with Gasteiger partial charge in [0.25, 0.3) is 0 Å². The zero-order chi connectivity index (χ0) is 21.4. The number of piperidine rings is 1. The van der Waals surface area contributed by atoms with Crippen molar-refractivity contribution in [2.45, 2.75) is 30.7 Å². The molecule has 2 aliphatic rings. The number of benzene rings is 3. The van der Waals surface area contributed by atoms with Crippen molar-refractivity contribution < 1.29 is 13.2 Å². The van der Waals surface area contributed by atoms with Gasteiger partial charge in [-0.3, -0.25) is 4.79 Å². The van der Waals surface area contributed by atoms with Crippen molar-refractivity contribution in [2.24, 2.45) is 5.92 Å². The molecule has 0 radical (unpaired) electrons. The van der Waals surface area contributed by atoms with Crippen LogP contribution in [0.4, 0.5) is 0 Å². The second kappa shape index (κ2) is 8.09. The van der Waals surface area contributed by atoms with Crippen LogP contribution in [0.25, 0.3) is 10.8 Å². The number of sulfonamides is 1. The van der Waals surface area contributed by atoms with Crippen molar-refractivity contribution in [1.82, 2.24) is 9.21 Å². The van der Waals surface area contributed by atoms with Gasteiger partial charge in [-0.1, -0.05) is 54.6 Å². The summed E-state index contributed by atoms with van der Waals surface area (Å²) in [4.78, 5) is 15.5. The molecule has 0 aliphatic carbocycles. The highest BCUT2D eigenvalue weighted by atomic mass is 32.2. The zero-order valence-corrected chi connectivity index (χ0v) is 18.2. The van der Waals surface area contributed by atoms with Crippen molar-refractivity contribution in [3.05, 3.63) is 77.9 Å². The molecule has 1 amide bonds. The molecule has 0 spiro atoms. The number of carbonyl (C=O) groups excluding carboxylic acids is 1. The molecular weight excluding hydrogens is 408 g/mol. The van der Waals surface area contributed by atoms with Gasteiger partial charge < -0.3 is 4.90 Å². The van der Waals surface area contributed by atoms with Gasteiger partial charge in [0.1, 0.15) is 0 Å². The quantitative estimate of drug-likeness (QED) is 0.630. The summed E-state index contributed by atoms with van der Waals surface area (Å²) in [6, 6.07) is 21.2. The summed E-state index contributed by atoms with van der Waals surface area (Å²) >= 11 is 0. The van der Waals surface area contributed by atoms with Crippen LogP contribution < -0.4 is 0 Å². The monoisotopic (exact) mass is 434 g/mol. The van der Waals surface area contributed by atoms with Crippen LogP contribution in [-0.4, -0.2) is 43.2 Å². The maximum atomic E-state index is 13.3. The topological polar surface area (TPSA) is 57.7 Å². The Kier molecular flexibility index (Phi) is 5.28. The van der Waals surface area contributed by atoms with E-state index < -0.39 is 10.0 Å². The highest BCUT2D eigenvalue weighted by molar-refractivity contribution is 7.89. The van der Waals surface area contributed by atoms with Crippen LogP contribution in [0, 0.1) is 5.92 Å². The second-order valence-electron chi connectivity index (χ2n) is 8.49. The molecule has 3 aromatic carbocycles. The van der Waals surface area contributed by atoms with E-state index in [1.165, 1.54) is 15.4 Å².